The fourth-order valence-electron chi connectivity index (χ4n) is 7.39. The number of aromatic hydroxyl groups is 1. The summed E-state index contributed by atoms with van der Waals surface area (Å²) in [5.41, 5.74) is 3.20. The fraction of sp³-hybridized carbons (Fsp3) is 0.556. The van der Waals surface area contributed by atoms with Gasteiger partial charge in [-0.1, -0.05) is 39.0 Å². The molecule has 174 valence electrons. The SMILES string of the molecule is CC1(C)[C@H]2Cc3c(O)cccc3[C@]1(C)CCN2C(=O)N1C[C@H]2C[C@@H](C1)c1cccc(=O)n1C2. The molecular weight excluding hydrogens is 414 g/mol. The second-order valence-corrected chi connectivity index (χ2v) is 11.4. The van der Waals surface area contributed by atoms with Crippen LogP contribution in [-0.4, -0.2) is 51.2 Å². The number of phenolic OH excluding ortho intramolecular Hbond substituents is 1. The molecule has 2 amide bonds. The normalized spacial score (nSPS) is 31.5. The molecule has 2 fully saturated rings. The highest BCUT2D eigenvalue weighted by molar-refractivity contribution is 5.76. The van der Waals surface area contributed by atoms with Crippen LogP contribution in [-0.2, 0) is 18.4 Å². The van der Waals surface area contributed by atoms with Gasteiger partial charge in [0.1, 0.15) is 5.75 Å². The van der Waals surface area contributed by atoms with Crippen molar-refractivity contribution in [3.63, 3.8) is 0 Å². The van der Waals surface area contributed by atoms with E-state index in [1.807, 2.05) is 27.7 Å². The molecule has 2 aromatic rings. The Hall–Kier alpha value is -2.76. The van der Waals surface area contributed by atoms with Crippen LogP contribution in [0.4, 0.5) is 4.79 Å². The number of urea groups is 1. The minimum Gasteiger partial charge on any atom is -0.508 e. The van der Waals surface area contributed by atoms with E-state index in [9.17, 15) is 14.7 Å². The van der Waals surface area contributed by atoms with Gasteiger partial charge in [-0.2, -0.15) is 0 Å². The summed E-state index contributed by atoms with van der Waals surface area (Å²) in [5.74, 6) is 0.886. The van der Waals surface area contributed by atoms with Gasteiger partial charge >= 0.3 is 6.03 Å². The minimum absolute atomic E-state index is 0.0428. The third-order valence-corrected chi connectivity index (χ3v) is 9.62. The maximum absolute atomic E-state index is 14.0. The first-order chi connectivity index (χ1) is 15.7. The molecule has 4 heterocycles. The number of rotatable bonds is 0. The van der Waals surface area contributed by atoms with E-state index >= 15 is 0 Å². The number of amides is 2. The van der Waals surface area contributed by atoms with E-state index in [-0.39, 0.29) is 34.4 Å². The van der Waals surface area contributed by atoms with E-state index < -0.39 is 0 Å². The molecule has 4 atom stereocenters. The Kier molecular flexibility index (Phi) is 4.34. The summed E-state index contributed by atoms with van der Waals surface area (Å²) in [4.78, 5) is 30.5. The van der Waals surface area contributed by atoms with Gasteiger partial charge in [0, 0.05) is 55.3 Å². The number of carbonyl (C=O) groups excluding carboxylic acids is 1. The highest BCUT2D eigenvalue weighted by Gasteiger charge is 2.58. The van der Waals surface area contributed by atoms with Gasteiger partial charge in [0.15, 0.2) is 0 Å². The average Bonchev–Trinajstić information content (AvgIpc) is 2.77. The number of piperidine rings is 2. The van der Waals surface area contributed by atoms with E-state index in [2.05, 4.69) is 31.7 Å². The first-order valence-electron chi connectivity index (χ1n) is 12.3. The molecule has 1 aromatic heterocycles. The smallest absolute Gasteiger partial charge is 0.320 e. The Balaban J connectivity index is 1.32. The van der Waals surface area contributed by atoms with Crippen molar-refractivity contribution in [1.29, 1.82) is 0 Å². The molecule has 2 saturated heterocycles. The number of fused-ring (bicyclic) bond motifs is 8. The lowest BCUT2D eigenvalue weighted by molar-refractivity contribution is -0.0275. The first kappa shape index (κ1) is 20.8. The standard InChI is InChI=1S/C27H33N3O3/c1-26(2)23-13-19-20(6-4-8-22(19)31)27(26,3)10-11-29(23)25(33)28-14-17-12-18(16-28)21-7-5-9-24(32)30(21)15-17/h4-9,17-18,23,31H,10-16H2,1-3H3/t17-,18+,23-,27+/m1/s1. The maximum atomic E-state index is 14.0. The van der Waals surface area contributed by atoms with Crippen molar-refractivity contribution < 1.29 is 9.90 Å². The van der Waals surface area contributed by atoms with Gasteiger partial charge in [-0.15, -0.1) is 0 Å². The number of hydrogen-bond acceptors (Lipinski definition) is 3. The third kappa shape index (κ3) is 2.79. The van der Waals surface area contributed by atoms with Gasteiger partial charge in [-0.05, 0) is 53.9 Å². The number of carbonyl (C=O) groups is 1. The number of hydrogen-bond donors (Lipinski definition) is 1. The molecule has 6 rings (SSSR count). The van der Waals surface area contributed by atoms with E-state index in [0.29, 0.717) is 37.7 Å². The van der Waals surface area contributed by atoms with Crippen LogP contribution in [0.1, 0.15) is 56.4 Å². The number of likely N-dealkylation sites (tertiary alicyclic amines) is 2. The van der Waals surface area contributed by atoms with Crippen molar-refractivity contribution in [2.75, 3.05) is 19.6 Å². The van der Waals surface area contributed by atoms with Gasteiger partial charge in [-0.25, -0.2) is 4.79 Å². The third-order valence-electron chi connectivity index (χ3n) is 9.62. The average molecular weight is 448 g/mol. The summed E-state index contributed by atoms with van der Waals surface area (Å²) < 4.78 is 1.91. The van der Waals surface area contributed by atoms with Gasteiger partial charge in [0.2, 0.25) is 0 Å². The van der Waals surface area contributed by atoms with Crippen molar-refractivity contribution in [2.24, 2.45) is 11.3 Å². The molecule has 4 aliphatic rings. The highest BCUT2D eigenvalue weighted by Crippen LogP contribution is 2.57. The summed E-state index contributed by atoms with van der Waals surface area (Å²) in [6.07, 6.45) is 2.62. The van der Waals surface area contributed by atoms with Gasteiger partial charge in [0.25, 0.3) is 5.56 Å². The van der Waals surface area contributed by atoms with Crippen LogP contribution in [0.5, 0.6) is 5.75 Å². The number of phenols is 1. The van der Waals surface area contributed by atoms with E-state index in [0.717, 1.165) is 30.6 Å². The quantitative estimate of drug-likeness (QED) is 0.670. The fourth-order valence-corrected chi connectivity index (χ4v) is 7.39. The van der Waals surface area contributed by atoms with Crippen LogP contribution in [0.15, 0.2) is 41.2 Å². The van der Waals surface area contributed by atoms with Crippen LogP contribution < -0.4 is 5.56 Å². The molecule has 33 heavy (non-hydrogen) atoms. The number of pyridine rings is 1. The molecule has 0 spiro atoms. The largest absolute Gasteiger partial charge is 0.508 e. The molecule has 6 heteroatoms. The lowest BCUT2D eigenvalue weighted by atomic mass is 9.51. The van der Waals surface area contributed by atoms with Crippen molar-refractivity contribution in [1.82, 2.24) is 14.4 Å². The molecule has 0 unspecified atom stereocenters. The Morgan fingerprint density at radius 2 is 1.85 bits per heavy atom. The summed E-state index contributed by atoms with van der Waals surface area (Å²) in [7, 11) is 0. The number of aromatic nitrogens is 1. The summed E-state index contributed by atoms with van der Waals surface area (Å²) in [6, 6.07) is 11.6. The topological polar surface area (TPSA) is 65.8 Å². The van der Waals surface area contributed by atoms with E-state index in [1.165, 1.54) is 5.56 Å². The summed E-state index contributed by atoms with van der Waals surface area (Å²) in [6.45, 7) is 9.69. The Bertz CT molecular complexity index is 1200. The Morgan fingerprint density at radius 3 is 2.67 bits per heavy atom. The zero-order chi connectivity index (χ0) is 23.1. The van der Waals surface area contributed by atoms with Crippen molar-refractivity contribution in [3.8, 4) is 5.75 Å². The summed E-state index contributed by atoms with van der Waals surface area (Å²) in [5, 5.41) is 10.7. The molecule has 4 bridgehead atoms. The highest BCUT2D eigenvalue weighted by atomic mass is 16.3. The Morgan fingerprint density at radius 1 is 1.06 bits per heavy atom. The molecular formula is C27H33N3O3. The Labute approximate surface area is 194 Å². The second-order valence-electron chi connectivity index (χ2n) is 11.4. The second kappa shape index (κ2) is 6.87. The van der Waals surface area contributed by atoms with Crippen LogP contribution in [0.3, 0.4) is 0 Å². The van der Waals surface area contributed by atoms with Gasteiger partial charge < -0.3 is 19.5 Å². The first-order valence-corrected chi connectivity index (χ1v) is 12.3. The molecule has 0 radical (unpaired) electrons. The van der Waals surface area contributed by atoms with E-state index in [1.54, 1.807) is 12.1 Å². The minimum atomic E-state index is -0.104. The predicted octanol–water partition coefficient (Wildman–Crippen LogP) is 3.71. The molecule has 6 nitrogen and oxygen atoms in total. The molecule has 1 aliphatic carbocycles. The predicted molar refractivity (Wildman–Crippen MR) is 127 cm³/mol. The summed E-state index contributed by atoms with van der Waals surface area (Å²) >= 11 is 0. The molecule has 0 saturated carbocycles. The monoisotopic (exact) mass is 447 g/mol. The molecule has 1 aromatic carbocycles. The van der Waals surface area contributed by atoms with Gasteiger partial charge in [-0.3, -0.25) is 4.79 Å². The van der Waals surface area contributed by atoms with Crippen LogP contribution in [0.2, 0.25) is 0 Å². The van der Waals surface area contributed by atoms with E-state index in [4.69, 9.17) is 0 Å². The zero-order valence-electron chi connectivity index (χ0n) is 19.8. The molecule has 1 N–H and O–H groups in total. The van der Waals surface area contributed by atoms with Crippen LogP contribution in [0, 0.1) is 11.3 Å². The van der Waals surface area contributed by atoms with Crippen molar-refractivity contribution in [2.45, 2.75) is 64.0 Å². The number of nitrogens with zero attached hydrogens (tertiary/aromatic N) is 3. The molecule has 3 aliphatic heterocycles. The van der Waals surface area contributed by atoms with Gasteiger partial charge in [0.05, 0.1) is 0 Å². The van der Waals surface area contributed by atoms with Crippen molar-refractivity contribution in [3.05, 3.63) is 63.6 Å². The van der Waals surface area contributed by atoms with Crippen LogP contribution >= 0.6 is 0 Å². The lowest BCUT2D eigenvalue weighted by Crippen LogP contribution is -2.67. The lowest BCUT2D eigenvalue weighted by Gasteiger charge is -2.61. The van der Waals surface area contributed by atoms with Crippen LogP contribution in [0.25, 0.3) is 0 Å². The zero-order valence-corrected chi connectivity index (χ0v) is 19.8. The number of benzene rings is 1. The van der Waals surface area contributed by atoms with Crippen molar-refractivity contribution >= 4 is 6.03 Å². The maximum Gasteiger partial charge on any atom is 0.320 e.